The lowest BCUT2D eigenvalue weighted by Crippen LogP contribution is -2.24. The summed E-state index contributed by atoms with van der Waals surface area (Å²) in [6.07, 6.45) is 2.00. The van der Waals surface area contributed by atoms with E-state index < -0.39 is 17.4 Å². The monoisotopic (exact) mass is 669 g/mol. The van der Waals surface area contributed by atoms with Crippen LogP contribution in [0.4, 0.5) is 11.4 Å². The van der Waals surface area contributed by atoms with Crippen molar-refractivity contribution in [2.75, 3.05) is 11.9 Å². The maximum atomic E-state index is 13.5. The topological polar surface area (TPSA) is 129 Å². The second-order valence-electron chi connectivity index (χ2n) is 9.05. The van der Waals surface area contributed by atoms with Crippen LogP contribution in [0.3, 0.4) is 0 Å². The van der Waals surface area contributed by atoms with Gasteiger partial charge in [0.15, 0.2) is 6.61 Å². The highest BCUT2D eigenvalue weighted by Crippen LogP contribution is 2.34. The third-order valence-electron chi connectivity index (χ3n) is 6.23. The van der Waals surface area contributed by atoms with E-state index in [0.29, 0.717) is 37.8 Å². The number of rotatable bonds is 9. The minimum atomic E-state index is -0.609. The first-order valence-corrected chi connectivity index (χ1v) is 13.9. The number of hydrogen-bond acceptors (Lipinski definition) is 7. The van der Waals surface area contributed by atoms with Crippen LogP contribution in [0.1, 0.15) is 43.1 Å². The van der Waals surface area contributed by atoms with Crippen molar-refractivity contribution >= 4 is 66.3 Å². The predicted octanol–water partition coefficient (Wildman–Crippen LogP) is 6.55. The number of amides is 1. The lowest BCUT2D eigenvalue weighted by molar-refractivity contribution is -0.385. The summed E-state index contributed by atoms with van der Waals surface area (Å²) < 4.78 is 8.00. The lowest BCUT2D eigenvalue weighted by atomic mass is 10.1. The summed E-state index contributed by atoms with van der Waals surface area (Å²) in [7, 11) is 0. The van der Waals surface area contributed by atoms with Crippen molar-refractivity contribution in [2.24, 2.45) is 5.10 Å². The molecule has 3 aromatic carbocycles. The van der Waals surface area contributed by atoms with E-state index in [1.54, 1.807) is 30.3 Å². The Kier molecular flexibility index (Phi) is 9.10. The van der Waals surface area contributed by atoms with E-state index >= 15 is 0 Å². The fourth-order valence-corrected chi connectivity index (χ4v) is 4.75. The van der Waals surface area contributed by atoms with Crippen molar-refractivity contribution in [3.8, 4) is 5.75 Å². The molecule has 1 amide bonds. The standard InChI is InChI=1S/C28H25Br2N5O5/c1-4-16(2)27-33-23-10-9-19(29)12-21(23)28(37)34(27)31-14-18-11-20(30)13-24(35(38)39)26(18)40-15-25(36)32-22-8-6-5-7-17(22)3/h5-14,16H,4,15H2,1-3H3,(H,32,36)/t16-/m0/s1. The van der Waals surface area contributed by atoms with Gasteiger partial charge in [0, 0.05) is 32.2 Å². The summed E-state index contributed by atoms with van der Waals surface area (Å²) in [6.45, 7) is 5.27. The molecule has 40 heavy (non-hydrogen) atoms. The van der Waals surface area contributed by atoms with Gasteiger partial charge in [-0.1, -0.05) is 63.9 Å². The van der Waals surface area contributed by atoms with Crippen molar-refractivity contribution in [3.63, 3.8) is 0 Å². The maximum Gasteiger partial charge on any atom is 0.312 e. The Morgan fingerprint density at radius 3 is 2.65 bits per heavy atom. The molecule has 0 aliphatic rings. The number of halogens is 2. The molecule has 4 aromatic rings. The zero-order chi connectivity index (χ0) is 29.0. The average molecular weight is 671 g/mol. The summed E-state index contributed by atoms with van der Waals surface area (Å²) in [4.78, 5) is 42.0. The first-order valence-electron chi connectivity index (χ1n) is 12.3. The number of fused-ring (bicyclic) bond motifs is 1. The van der Waals surface area contributed by atoms with Crippen LogP contribution in [0.5, 0.6) is 5.75 Å². The molecule has 10 nitrogen and oxygen atoms in total. The normalized spacial score (nSPS) is 12.0. The summed E-state index contributed by atoms with van der Waals surface area (Å²) >= 11 is 6.68. The van der Waals surface area contributed by atoms with Crippen molar-refractivity contribution in [1.29, 1.82) is 0 Å². The summed E-state index contributed by atoms with van der Waals surface area (Å²) in [5.41, 5.74) is 1.45. The zero-order valence-electron chi connectivity index (χ0n) is 21.9. The number of carbonyl (C=O) groups is 1. The Hall–Kier alpha value is -3.90. The molecule has 1 N–H and O–H groups in total. The summed E-state index contributed by atoms with van der Waals surface area (Å²) in [6, 6.07) is 15.3. The number of ether oxygens (including phenoxy) is 1. The van der Waals surface area contributed by atoms with Gasteiger partial charge in [-0.25, -0.2) is 4.98 Å². The number of benzene rings is 3. The number of nitro benzene ring substituents is 1. The second kappa shape index (κ2) is 12.5. The van der Waals surface area contributed by atoms with Crippen LogP contribution in [0.2, 0.25) is 0 Å². The molecule has 0 aliphatic carbocycles. The highest BCUT2D eigenvalue weighted by atomic mass is 79.9. The van der Waals surface area contributed by atoms with Gasteiger partial charge >= 0.3 is 5.69 Å². The van der Waals surface area contributed by atoms with Gasteiger partial charge in [-0.3, -0.25) is 19.7 Å². The van der Waals surface area contributed by atoms with E-state index in [1.807, 2.05) is 39.0 Å². The molecule has 1 aromatic heterocycles. The SMILES string of the molecule is CC[C@H](C)c1nc2ccc(Br)cc2c(=O)n1N=Cc1cc(Br)cc([N+](=O)[O-])c1OCC(=O)Nc1ccccc1C. The van der Waals surface area contributed by atoms with Gasteiger partial charge in [-0.05, 0) is 49.2 Å². The van der Waals surface area contributed by atoms with Crippen LogP contribution in [-0.4, -0.2) is 33.3 Å². The lowest BCUT2D eigenvalue weighted by Gasteiger charge is -2.14. The number of aromatic nitrogens is 2. The first kappa shape index (κ1) is 29.1. The first-order chi connectivity index (χ1) is 19.1. The Morgan fingerprint density at radius 2 is 1.95 bits per heavy atom. The minimum absolute atomic E-state index is 0.101. The van der Waals surface area contributed by atoms with E-state index in [4.69, 9.17) is 4.74 Å². The molecule has 206 valence electrons. The highest BCUT2D eigenvalue weighted by molar-refractivity contribution is 9.10. The van der Waals surface area contributed by atoms with Crippen LogP contribution < -0.4 is 15.6 Å². The molecule has 12 heteroatoms. The summed E-state index contributed by atoms with van der Waals surface area (Å²) in [5, 5.41) is 19.4. The molecule has 0 bridgehead atoms. The number of aryl methyl sites for hydroxylation is 1. The van der Waals surface area contributed by atoms with Crippen LogP contribution in [0, 0.1) is 17.0 Å². The van der Waals surface area contributed by atoms with Crippen LogP contribution in [-0.2, 0) is 4.79 Å². The maximum absolute atomic E-state index is 13.5. The number of nitrogens with zero attached hydrogens (tertiary/aromatic N) is 4. The van der Waals surface area contributed by atoms with Gasteiger partial charge in [-0.15, -0.1) is 0 Å². The van der Waals surface area contributed by atoms with Crippen LogP contribution in [0.25, 0.3) is 10.9 Å². The molecule has 0 spiro atoms. The summed E-state index contributed by atoms with van der Waals surface area (Å²) in [5.74, 6) is -0.306. The van der Waals surface area contributed by atoms with Crippen LogP contribution >= 0.6 is 31.9 Å². The molecule has 0 saturated carbocycles. The molecular formula is C28H25Br2N5O5. The smallest absolute Gasteiger partial charge is 0.312 e. The van der Waals surface area contributed by atoms with Gasteiger partial charge in [-0.2, -0.15) is 9.78 Å². The Balaban J connectivity index is 1.75. The Bertz CT molecular complexity index is 1700. The van der Waals surface area contributed by atoms with Gasteiger partial charge in [0.25, 0.3) is 11.5 Å². The van der Waals surface area contributed by atoms with Crippen molar-refractivity contribution in [2.45, 2.75) is 33.1 Å². The van der Waals surface area contributed by atoms with Crippen molar-refractivity contribution in [1.82, 2.24) is 9.66 Å². The molecular weight excluding hydrogens is 646 g/mol. The molecule has 4 rings (SSSR count). The molecule has 0 radical (unpaired) electrons. The number of nitro groups is 1. The van der Waals surface area contributed by atoms with Crippen molar-refractivity contribution < 1.29 is 14.5 Å². The van der Waals surface area contributed by atoms with E-state index in [1.165, 1.54) is 17.0 Å². The molecule has 0 fully saturated rings. The zero-order valence-corrected chi connectivity index (χ0v) is 25.0. The molecule has 0 unspecified atom stereocenters. The van der Waals surface area contributed by atoms with Crippen LogP contribution in [0.15, 0.2) is 73.4 Å². The quantitative estimate of drug-likeness (QED) is 0.122. The largest absolute Gasteiger partial charge is 0.476 e. The number of nitrogens with one attached hydrogen (secondary N) is 1. The number of anilines is 1. The highest BCUT2D eigenvalue weighted by Gasteiger charge is 2.22. The Morgan fingerprint density at radius 1 is 1.20 bits per heavy atom. The molecule has 0 aliphatic heterocycles. The Labute approximate surface area is 246 Å². The minimum Gasteiger partial charge on any atom is -0.476 e. The van der Waals surface area contributed by atoms with Gasteiger partial charge in [0.05, 0.1) is 22.0 Å². The third-order valence-corrected chi connectivity index (χ3v) is 7.18. The fraction of sp³-hybridized carbons (Fsp3) is 0.214. The van der Waals surface area contributed by atoms with Gasteiger partial charge < -0.3 is 10.1 Å². The number of carbonyl (C=O) groups excluding carboxylic acids is 1. The molecule has 1 atom stereocenters. The third kappa shape index (κ3) is 6.45. The number of hydrogen-bond donors (Lipinski definition) is 1. The van der Waals surface area contributed by atoms with E-state index in [9.17, 15) is 19.7 Å². The van der Waals surface area contributed by atoms with E-state index in [0.717, 1.165) is 5.56 Å². The second-order valence-corrected chi connectivity index (χ2v) is 10.9. The van der Waals surface area contributed by atoms with E-state index in [2.05, 4.69) is 47.3 Å². The van der Waals surface area contributed by atoms with Gasteiger partial charge in [0.2, 0.25) is 5.75 Å². The number of para-hydroxylation sites is 1. The van der Waals surface area contributed by atoms with Crippen molar-refractivity contribution in [3.05, 3.63) is 101 Å². The molecule has 1 heterocycles. The fourth-order valence-electron chi connectivity index (χ4n) is 3.92. The molecule has 0 saturated heterocycles. The predicted molar refractivity (Wildman–Crippen MR) is 162 cm³/mol. The van der Waals surface area contributed by atoms with E-state index in [-0.39, 0.29) is 28.5 Å². The van der Waals surface area contributed by atoms with Gasteiger partial charge in [0.1, 0.15) is 5.82 Å². The average Bonchev–Trinajstić information content (AvgIpc) is 2.92.